The molecular formula is C17H25N3. The molecule has 0 saturated heterocycles. The highest BCUT2D eigenvalue weighted by Crippen LogP contribution is 2.18. The average Bonchev–Trinajstić information content (AvgIpc) is 2.76. The summed E-state index contributed by atoms with van der Waals surface area (Å²) in [5.41, 5.74) is 12.3. The second-order valence-electron chi connectivity index (χ2n) is 5.26. The molecule has 0 spiro atoms. The highest BCUT2D eigenvalue weighted by Gasteiger charge is 2.14. The molecule has 2 N–H and O–H groups in total. The van der Waals surface area contributed by atoms with Gasteiger partial charge in [0.25, 0.3) is 0 Å². The zero-order valence-electron chi connectivity index (χ0n) is 12.8. The minimum atomic E-state index is 0.691. The molecule has 0 atom stereocenters. The van der Waals surface area contributed by atoms with E-state index in [0.29, 0.717) is 6.54 Å². The van der Waals surface area contributed by atoms with E-state index in [1.807, 2.05) is 0 Å². The number of hydrogen-bond donors (Lipinski definition) is 1. The van der Waals surface area contributed by atoms with Gasteiger partial charge in [-0.2, -0.15) is 5.10 Å². The van der Waals surface area contributed by atoms with E-state index < -0.39 is 0 Å². The molecule has 0 saturated carbocycles. The van der Waals surface area contributed by atoms with Gasteiger partial charge in [0.15, 0.2) is 0 Å². The third kappa shape index (κ3) is 3.10. The zero-order chi connectivity index (χ0) is 14.5. The molecule has 20 heavy (non-hydrogen) atoms. The van der Waals surface area contributed by atoms with E-state index in [-0.39, 0.29) is 0 Å². The molecule has 0 amide bonds. The van der Waals surface area contributed by atoms with E-state index in [1.165, 1.54) is 28.1 Å². The first-order valence-corrected chi connectivity index (χ1v) is 7.52. The van der Waals surface area contributed by atoms with Crippen molar-refractivity contribution in [1.82, 2.24) is 9.78 Å². The van der Waals surface area contributed by atoms with Crippen molar-refractivity contribution >= 4 is 0 Å². The Morgan fingerprint density at radius 2 is 2.00 bits per heavy atom. The third-order valence-electron chi connectivity index (χ3n) is 3.73. The van der Waals surface area contributed by atoms with Crippen LogP contribution in [0.5, 0.6) is 0 Å². The molecule has 0 unspecified atom stereocenters. The van der Waals surface area contributed by atoms with Gasteiger partial charge in [-0.25, -0.2) is 0 Å². The number of aryl methyl sites for hydroxylation is 2. The van der Waals surface area contributed by atoms with Crippen LogP contribution in [0, 0.1) is 6.92 Å². The Bertz CT molecular complexity index is 570. The van der Waals surface area contributed by atoms with Crippen molar-refractivity contribution in [2.24, 2.45) is 5.73 Å². The summed E-state index contributed by atoms with van der Waals surface area (Å²) in [5, 5.41) is 4.80. The standard InChI is InChI=1S/C17H25N3/c1-4-16-15(9-10-18)17(5-2)20(19-16)12-14-8-6-7-13(3)11-14/h6-8,11H,4-5,9-10,12,18H2,1-3H3. The van der Waals surface area contributed by atoms with Gasteiger partial charge in [0, 0.05) is 5.69 Å². The van der Waals surface area contributed by atoms with Gasteiger partial charge < -0.3 is 5.73 Å². The normalized spacial score (nSPS) is 11.0. The average molecular weight is 271 g/mol. The second kappa shape index (κ2) is 6.71. The molecule has 0 aliphatic heterocycles. The monoisotopic (exact) mass is 271 g/mol. The van der Waals surface area contributed by atoms with Crippen molar-refractivity contribution in [3.63, 3.8) is 0 Å². The zero-order valence-corrected chi connectivity index (χ0v) is 12.8. The summed E-state index contributed by atoms with van der Waals surface area (Å²) < 4.78 is 2.17. The molecule has 108 valence electrons. The van der Waals surface area contributed by atoms with Crippen LogP contribution >= 0.6 is 0 Å². The van der Waals surface area contributed by atoms with Crippen molar-refractivity contribution in [2.45, 2.75) is 46.6 Å². The van der Waals surface area contributed by atoms with Gasteiger partial charge in [-0.15, -0.1) is 0 Å². The van der Waals surface area contributed by atoms with Gasteiger partial charge in [0.1, 0.15) is 0 Å². The number of nitrogens with two attached hydrogens (primary N) is 1. The first-order chi connectivity index (χ1) is 9.69. The Morgan fingerprint density at radius 1 is 1.20 bits per heavy atom. The van der Waals surface area contributed by atoms with Gasteiger partial charge in [0.05, 0.1) is 12.2 Å². The maximum Gasteiger partial charge on any atom is 0.0662 e. The lowest BCUT2D eigenvalue weighted by atomic mass is 10.1. The number of nitrogens with zero attached hydrogens (tertiary/aromatic N) is 2. The van der Waals surface area contributed by atoms with Crippen LogP contribution in [0.15, 0.2) is 24.3 Å². The van der Waals surface area contributed by atoms with Crippen molar-refractivity contribution in [1.29, 1.82) is 0 Å². The van der Waals surface area contributed by atoms with Crippen LogP contribution in [-0.4, -0.2) is 16.3 Å². The van der Waals surface area contributed by atoms with Crippen LogP contribution in [0.3, 0.4) is 0 Å². The summed E-state index contributed by atoms with van der Waals surface area (Å²) in [5.74, 6) is 0. The van der Waals surface area contributed by atoms with Crippen LogP contribution in [-0.2, 0) is 25.8 Å². The Labute approximate surface area is 121 Å². The molecule has 3 nitrogen and oxygen atoms in total. The first-order valence-electron chi connectivity index (χ1n) is 7.52. The number of rotatable bonds is 6. The van der Waals surface area contributed by atoms with E-state index in [2.05, 4.69) is 49.7 Å². The Morgan fingerprint density at radius 3 is 2.60 bits per heavy atom. The van der Waals surface area contributed by atoms with Crippen LogP contribution in [0.2, 0.25) is 0 Å². The molecule has 0 aliphatic carbocycles. The molecule has 1 heterocycles. The second-order valence-corrected chi connectivity index (χ2v) is 5.26. The minimum Gasteiger partial charge on any atom is -0.330 e. The maximum absolute atomic E-state index is 5.75. The molecule has 2 aromatic rings. The first kappa shape index (κ1) is 14.8. The van der Waals surface area contributed by atoms with E-state index in [1.54, 1.807) is 0 Å². The summed E-state index contributed by atoms with van der Waals surface area (Å²) in [6.45, 7) is 8.03. The number of benzene rings is 1. The largest absolute Gasteiger partial charge is 0.330 e. The van der Waals surface area contributed by atoms with Gasteiger partial charge in [-0.3, -0.25) is 4.68 Å². The van der Waals surface area contributed by atoms with Crippen molar-refractivity contribution in [2.75, 3.05) is 6.54 Å². The lowest BCUT2D eigenvalue weighted by Gasteiger charge is -2.08. The Kier molecular flexibility index (Phi) is 4.96. The fraction of sp³-hybridized carbons (Fsp3) is 0.471. The SMILES string of the molecule is CCc1nn(Cc2cccc(C)c2)c(CC)c1CCN. The molecule has 1 aromatic carbocycles. The molecule has 2 rings (SSSR count). The van der Waals surface area contributed by atoms with Gasteiger partial charge in [-0.1, -0.05) is 43.7 Å². The fourth-order valence-corrected chi connectivity index (χ4v) is 2.82. The van der Waals surface area contributed by atoms with E-state index in [4.69, 9.17) is 10.8 Å². The van der Waals surface area contributed by atoms with E-state index in [0.717, 1.165) is 25.8 Å². The fourth-order valence-electron chi connectivity index (χ4n) is 2.82. The smallest absolute Gasteiger partial charge is 0.0662 e. The van der Waals surface area contributed by atoms with E-state index in [9.17, 15) is 0 Å². The third-order valence-corrected chi connectivity index (χ3v) is 3.73. The summed E-state index contributed by atoms with van der Waals surface area (Å²) >= 11 is 0. The van der Waals surface area contributed by atoms with E-state index >= 15 is 0 Å². The maximum atomic E-state index is 5.75. The topological polar surface area (TPSA) is 43.8 Å². The predicted octanol–water partition coefficient (Wildman–Crippen LogP) is 2.87. The van der Waals surface area contributed by atoms with Crippen molar-refractivity contribution < 1.29 is 0 Å². The van der Waals surface area contributed by atoms with Crippen LogP contribution in [0.4, 0.5) is 0 Å². The van der Waals surface area contributed by atoms with Gasteiger partial charge in [0.2, 0.25) is 0 Å². The van der Waals surface area contributed by atoms with Gasteiger partial charge in [-0.05, 0) is 43.9 Å². The van der Waals surface area contributed by atoms with Crippen molar-refractivity contribution in [3.05, 3.63) is 52.3 Å². The highest BCUT2D eigenvalue weighted by molar-refractivity contribution is 5.29. The summed E-state index contributed by atoms with van der Waals surface area (Å²) in [7, 11) is 0. The predicted molar refractivity (Wildman–Crippen MR) is 84.0 cm³/mol. The van der Waals surface area contributed by atoms with Crippen LogP contribution in [0.1, 0.15) is 41.9 Å². The van der Waals surface area contributed by atoms with Crippen LogP contribution < -0.4 is 5.73 Å². The number of aromatic nitrogens is 2. The highest BCUT2D eigenvalue weighted by atomic mass is 15.3. The Balaban J connectivity index is 2.36. The molecule has 0 radical (unpaired) electrons. The van der Waals surface area contributed by atoms with Gasteiger partial charge >= 0.3 is 0 Å². The molecule has 1 aromatic heterocycles. The number of hydrogen-bond acceptors (Lipinski definition) is 2. The molecule has 0 aliphatic rings. The lowest BCUT2D eigenvalue weighted by Crippen LogP contribution is -2.09. The van der Waals surface area contributed by atoms with Crippen molar-refractivity contribution in [3.8, 4) is 0 Å². The quantitative estimate of drug-likeness (QED) is 0.878. The molecule has 0 bridgehead atoms. The van der Waals surface area contributed by atoms with Crippen LogP contribution in [0.25, 0.3) is 0 Å². The lowest BCUT2D eigenvalue weighted by molar-refractivity contribution is 0.639. The summed E-state index contributed by atoms with van der Waals surface area (Å²) in [6.07, 6.45) is 2.91. The molecular weight excluding hydrogens is 246 g/mol. The minimum absolute atomic E-state index is 0.691. The molecule has 0 fully saturated rings. The Hall–Kier alpha value is -1.61. The molecule has 3 heteroatoms. The summed E-state index contributed by atoms with van der Waals surface area (Å²) in [6, 6.07) is 8.64. The summed E-state index contributed by atoms with van der Waals surface area (Å²) in [4.78, 5) is 0.